The number of aliphatic hydroxyl groups is 1. The number of H-pyrrole nitrogens is 1. The summed E-state index contributed by atoms with van der Waals surface area (Å²) in [6, 6.07) is 14.2. The van der Waals surface area contributed by atoms with Crippen LogP contribution >= 0.6 is 0 Å². The Hall–Kier alpha value is -2.67. The molecule has 1 aromatic heterocycles. The van der Waals surface area contributed by atoms with Crippen molar-refractivity contribution in [2.75, 3.05) is 44.6 Å². The SMILES string of the molecule is Cc1cccc(C)c1NC(=O)CN1CCN(CC(O)Cc2c[nH]c3ccccc23)CC1. The average Bonchev–Trinajstić information content (AvgIpc) is 3.15. The van der Waals surface area contributed by atoms with Crippen LogP contribution in [0.2, 0.25) is 0 Å². The van der Waals surface area contributed by atoms with Crippen molar-refractivity contribution >= 4 is 22.5 Å². The Morgan fingerprint density at radius 1 is 1.03 bits per heavy atom. The van der Waals surface area contributed by atoms with Crippen molar-refractivity contribution < 1.29 is 9.90 Å². The highest BCUT2D eigenvalue weighted by atomic mass is 16.3. The molecule has 6 heteroatoms. The third-order valence-corrected chi connectivity index (χ3v) is 6.18. The second-order valence-corrected chi connectivity index (χ2v) is 8.61. The van der Waals surface area contributed by atoms with Crippen molar-refractivity contribution in [1.29, 1.82) is 0 Å². The van der Waals surface area contributed by atoms with E-state index in [0.29, 0.717) is 19.5 Å². The summed E-state index contributed by atoms with van der Waals surface area (Å²) in [4.78, 5) is 20.3. The van der Waals surface area contributed by atoms with E-state index in [2.05, 4.69) is 32.2 Å². The van der Waals surface area contributed by atoms with Crippen molar-refractivity contribution in [1.82, 2.24) is 14.8 Å². The van der Waals surface area contributed by atoms with Gasteiger partial charge in [0.15, 0.2) is 0 Å². The van der Waals surface area contributed by atoms with Crippen LogP contribution in [0.1, 0.15) is 16.7 Å². The molecule has 164 valence electrons. The Kier molecular flexibility index (Phi) is 6.70. The quantitative estimate of drug-likeness (QED) is 0.550. The van der Waals surface area contributed by atoms with Crippen LogP contribution in [-0.4, -0.2) is 71.2 Å². The molecule has 0 spiro atoms. The van der Waals surface area contributed by atoms with Crippen LogP contribution in [0, 0.1) is 13.8 Å². The fraction of sp³-hybridized carbons (Fsp3) is 0.400. The van der Waals surface area contributed by atoms with Gasteiger partial charge in [-0.15, -0.1) is 0 Å². The van der Waals surface area contributed by atoms with E-state index in [9.17, 15) is 9.90 Å². The lowest BCUT2D eigenvalue weighted by molar-refractivity contribution is -0.117. The van der Waals surface area contributed by atoms with Crippen LogP contribution in [-0.2, 0) is 11.2 Å². The van der Waals surface area contributed by atoms with Gasteiger partial charge in [0.2, 0.25) is 5.91 Å². The molecule has 1 fully saturated rings. The predicted molar refractivity (Wildman–Crippen MR) is 125 cm³/mol. The first-order valence-electron chi connectivity index (χ1n) is 11.0. The topological polar surface area (TPSA) is 71.6 Å². The zero-order chi connectivity index (χ0) is 21.8. The van der Waals surface area contributed by atoms with Gasteiger partial charge < -0.3 is 15.4 Å². The molecule has 4 rings (SSSR count). The highest BCUT2D eigenvalue weighted by molar-refractivity contribution is 5.93. The van der Waals surface area contributed by atoms with Gasteiger partial charge >= 0.3 is 0 Å². The van der Waals surface area contributed by atoms with Crippen molar-refractivity contribution in [3.05, 3.63) is 65.4 Å². The molecule has 0 radical (unpaired) electrons. The molecule has 2 heterocycles. The number of β-amino-alcohol motifs (C(OH)–C–C–N with tert-alkyl or cyclic N) is 1. The molecule has 6 nitrogen and oxygen atoms in total. The van der Waals surface area contributed by atoms with Crippen LogP contribution in [0.15, 0.2) is 48.7 Å². The van der Waals surface area contributed by atoms with Crippen molar-refractivity contribution in [2.45, 2.75) is 26.4 Å². The summed E-state index contributed by atoms with van der Waals surface area (Å²) in [6.07, 6.45) is 2.24. The van der Waals surface area contributed by atoms with Gasteiger partial charge in [0.25, 0.3) is 0 Å². The van der Waals surface area contributed by atoms with Crippen LogP contribution in [0.4, 0.5) is 5.69 Å². The molecule has 0 saturated carbocycles. The normalized spacial score (nSPS) is 16.5. The molecule has 1 aliphatic heterocycles. The number of nitrogens with one attached hydrogen (secondary N) is 2. The third kappa shape index (κ3) is 5.34. The number of hydrogen-bond donors (Lipinski definition) is 3. The van der Waals surface area contributed by atoms with Gasteiger partial charge in [-0.25, -0.2) is 0 Å². The largest absolute Gasteiger partial charge is 0.391 e. The molecule has 1 unspecified atom stereocenters. The summed E-state index contributed by atoms with van der Waals surface area (Å²) in [5, 5.41) is 14.9. The Morgan fingerprint density at radius 3 is 2.45 bits per heavy atom. The molecule has 1 atom stereocenters. The number of aliphatic hydroxyl groups excluding tert-OH is 1. The Bertz CT molecular complexity index is 1020. The standard InChI is InChI=1S/C25H32N4O2/c1-18-6-5-7-19(2)25(18)27-24(31)17-29-12-10-28(11-13-29)16-21(30)14-20-15-26-23-9-4-3-8-22(20)23/h3-9,15,21,26,30H,10-14,16-17H2,1-2H3,(H,27,31). The highest BCUT2D eigenvalue weighted by Gasteiger charge is 2.21. The number of anilines is 1. The van der Waals surface area contributed by atoms with E-state index >= 15 is 0 Å². The second-order valence-electron chi connectivity index (χ2n) is 8.61. The zero-order valence-corrected chi connectivity index (χ0v) is 18.4. The van der Waals surface area contributed by atoms with E-state index in [4.69, 9.17) is 0 Å². The molecule has 2 aromatic carbocycles. The molecule has 0 bridgehead atoms. The number of benzene rings is 2. The number of nitrogens with zero attached hydrogens (tertiary/aromatic N) is 2. The van der Waals surface area contributed by atoms with Gasteiger partial charge in [0.1, 0.15) is 0 Å². The van der Waals surface area contributed by atoms with Gasteiger partial charge in [0.05, 0.1) is 12.6 Å². The first-order valence-corrected chi connectivity index (χ1v) is 11.0. The predicted octanol–water partition coefficient (Wildman–Crippen LogP) is 2.94. The number of aromatic amines is 1. The molecule has 1 amide bonds. The van der Waals surface area contributed by atoms with E-state index in [-0.39, 0.29) is 5.91 Å². The molecular formula is C25H32N4O2. The van der Waals surface area contributed by atoms with E-state index in [0.717, 1.165) is 54.1 Å². The number of piperazine rings is 1. The van der Waals surface area contributed by atoms with Crippen molar-refractivity contribution in [3.63, 3.8) is 0 Å². The maximum Gasteiger partial charge on any atom is 0.238 e. The Balaban J connectivity index is 1.22. The number of para-hydroxylation sites is 2. The maximum atomic E-state index is 12.5. The van der Waals surface area contributed by atoms with Crippen LogP contribution in [0.25, 0.3) is 10.9 Å². The zero-order valence-electron chi connectivity index (χ0n) is 18.4. The summed E-state index contributed by atoms with van der Waals surface area (Å²) < 4.78 is 0. The summed E-state index contributed by atoms with van der Waals surface area (Å²) >= 11 is 0. The number of amides is 1. The van der Waals surface area contributed by atoms with Gasteiger partial charge in [-0.1, -0.05) is 36.4 Å². The molecule has 31 heavy (non-hydrogen) atoms. The van der Waals surface area contributed by atoms with Gasteiger partial charge in [-0.05, 0) is 36.6 Å². The first kappa shape index (κ1) is 21.6. The fourth-order valence-electron chi connectivity index (χ4n) is 4.44. The minimum absolute atomic E-state index is 0.0326. The van der Waals surface area contributed by atoms with Crippen LogP contribution in [0.5, 0.6) is 0 Å². The lowest BCUT2D eigenvalue weighted by Gasteiger charge is -2.35. The van der Waals surface area contributed by atoms with Gasteiger partial charge in [-0.3, -0.25) is 14.6 Å². The Labute approximate surface area is 183 Å². The van der Waals surface area contributed by atoms with Gasteiger partial charge in [0, 0.05) is 61.9 Å². The average molecular weight is 421 g/mol. The second kappa shape index (κ2) is 9.64. The minimum Gasteiger partial charge on any atom is -0.391 e. The number of fused-ring (bicyclic) bond motifs is 1. The number of aryl methyl sites for hydroxylation is 2. The molecular weight excluding hydrogens is 388 g/mol. The molecule has 3 N–H and O–H groups in total. The van der Waals surface area contributed by atoms with Crippen LogP contribution < -0.4 is 5.32 Å². The number of aromatic nitrogens is 1. The van der Waals surface area contributed by atoms with Crippen LogP contribution in [0.3, 0.4) is 0 Å². The third-order valence-electron chi connectivity index (χ3n) is 6.18. The molecule has 1 aliphatic rings. The number of rotatable bonds is 7. The number of hydrogen-bond acceptors (Lipinski definition) is 4. The maximum absolute atomic E-state index is 12.5. The minimum atomic E-state index is -0.405. The Morgan fingerprint density at radius 2 is 1.71 bits per heavy atom. The van der Waals surface area contributed by atoms with E-state index in [1.807, 2.05) is 50.4 Å². The smallest absolute Gasteiger partial charge is 0.238 e. The summed E-state index contributed by atoms with van der Waals surface area (Å²) in [6.45, 7) is 8.48. The summed E-state index contributed by atoms with van der Waals surface area (Å²) in [5.74, 6) is 0.0326. The lowest BCUT2D eigenvalue weighted by atomic mass is 10.1. The number of carbonyl (C=O) groups is 1. The lowest BCUT2D eigenvalue weighted by Crippen LogP contribution is -2.50. The van der Waals surface area contributed by atoms with E-state index < -0.39 is 6.10 Å². The first-order chi connectivity index (χ1) is 15.0. The molecule has 3 aromatic rings. The van der Waals surface area contributed by atoms with Crippen molar-refractivity contribution in [2.24, 2.45) is 0 Å². The summed E-state index contributed by atoms with van der Waals surface area (Å²) in [7, 11) is 0. The molecule has 1 saturated heterocycles. The number of carbonyl (C=O) groups excluding carboxylic acids is 1. The van der Waals surface area contributed by atoms with E-state index in [1.165, 1.54) is 5.39 Å². The molecule has 0 aliphatic carbocycles. The van der Waals surface area contributed by atoms with Crippen molar-refractivity contribution in [3.8, 4) is 0 Å². The fourth-order valence-corrected chi connectivity index (χ4v) is 4.44. The highest BCUT2D eigenvalue weighted by Crippen LogP contribution is 2.20. The van der Waals surface area contributed by atoms with Gasteiger partial charge in [-0.2, -0.15) is 0 Å². The van der Waals surface area contributed by atoms with E-state index in [1.54, 1.807) is 0 Å². The monoisotopic (exact) mass is 420 g/mol. The summed E-state index contributed by atoms with van der Waals surface area (Å²) in [5.41, 5.74) is 5.36.